The molecule has 0 N–H and O–H groups in total. The molecule has 0 atom stereocenters. The van der Waals surface area contributed by atoms with E-state index in [2.05, 4.69) is 4.98 Å². The van der Waals surface area contributed by atoms with Gasteiger partial charge in [-0.3, -0.25) is 4.79 Å². The minimum atomic E-state index is -1.49. The number of carbonyl (C=O) groups excluding carboxylic acids is 1. The Kier molecular flexibility index (Phi) is 4.02. The van der Waals surface area contributed by atoms with Gasteiger partial charge < -0.3 is 4.42 Å². The molecule has 1 fully saturated rings. The molecule has 3 nitrogen and oxygen atoms in total. The molecule has 1 heterocycles. The molecule has 0 saturated heterocycles. The van der Waals surface area contributed by atoms with Crippen molar-refractivity contribution in [1.29, 1.82) is 0 Å². The standard InChI is InChI=1S/C14H12FNO2.C2H6/c1-9(17)11-12(14(15)7-8-14)18-13(16-11)10-5-3-2-4-6-10;1-2/h2-6H,7-8H2,1H3;1-2H3. The third-order valence-electron chi connectivity index (χ3n) is 3.08. The molecule has 1 saturated carbocycles. The van der Waals surface area contributed by atoms with Gasteiger partial charge >= 0.3 is 0 Å². The number of carbonyl (C=O) groups is 1. The lowest BCUT2D eigenvalue weighted by Gasteiger charge is -2.00. The lowest BCUT2D eigenvalue weighted by molar-refractivity contribution is 0.100. The van der Waals surface area contributed by atoms with Gasteiger partial charge in [-0.05, 0) is 25.0 Å². The molecule has 0 unspecified atom stereocenters. The summed E-state index contributed by atoms with van der Waals surface area (Å²) in [6.07, 6.45) is 0.799. The van der Waals surface area contributed by atoms with Gasteiger partial charge in [0.1, 0.15) is 0 Å². The molecule has 20 heavy (non-hydrogen) atoms. The molecule has 2 aromatic rings. The Bertz CT molecular complexity index is 600. The maximum Gasteiger partial charge on any atom is 0.227 e. The number of hydrogen-bond donors (Lipinski definition) is 0. The molecular formula is C16H18FNO2. The molecule has 0 radical (unpaired) electrons. The Balaban J connectivity index is 0.000000704. The van der Waals surface area contributed by atoms with E-state index in [1.165, 1.54) is 6.92 Å². The number of oxazole rings is 1. The van der Waals surface area contributed by atoms with Crippen LogP contribution in [-0.2, 0) is 5.67 Å². The highest BCUT2D eigenvalue weighted by atomic mass is 19.1. The van der Waals surface area contributed by atoms with Crippen molar-refractivity contribution in [3.63, 3.8) is 0 Å². The molecule has 0 aliphatic heterocycles. The predicted molar refractivity (Wildman–Crippen MR) is 75.3 cm³/mol. The minimum Gasteiger partial charge on any atom is -0.437 e. The Hall–Kier alpha value is -1.97. The molecule has 1 aromatic carbocycles. The van der Waals surface area contributed by atoms with Gasteiger partial charge in [-0.15, -0.1) is 0 Å². The summed E-state index contributed by atoms with van der Waals surface area (Å²) in [7, 11) is 0. The highest BCUT2D eigenvalue weighted by molar-refractivity contribution is 5.94. The van der Waals surface area contributed by atoms with E-state index in [0.29, 0.717) is 18.7 Å². The summed E-state index contributed by atoms with van der Waals surface area (Å²) in [5.41, 5.74) is -0.620. The first-order valence-corrected chi connectivity index (χ1v) is 6.87. The zero-order valence-corrected chi connectivity index (χ0v) is 11.9. The second-order valence-electron chi connectivity index (χ2n) is 4.58. The van der Waals surface area contributed by atoms with Crippen LogP contribution < -0.4 is 0 Å². The minimum absolute atomic E-state index is 0.0915. The fourth-order valence-corrected chi connectivity index (χ4v) is 1.90. The number of benzene rings is 1. The van der Waals surface area contributed by atoms with E-state index in [4.69, 9.17) is 4.42 Å². The molecule has 1 aromatic heterocycles. The lowest BCUT2D eigenvalue weighted by Crippen LogP contribution is -2.04. The van der Waals surface area contributed by atoms with Crippen LogP contribution in [0.2, 0.25) is 0 Å². The van der Waals surface area contributed by atoms with E-state index in [0.717, 1.165) is 5.56 Å². The van der Waals surface area contributed by atoms with Crippen molar-refractivity contribution in [2.24, 2.45) is 0 Å². The smallest absolute Gasteiger partial charge is 0.227 e. The number of alkyl halides is 1. The summed E-state index contributed by atoms with van der Waals surface area (Å²) in [6.45, 7) is 5.38. The monoisotopic (exact) mass is 275 g/mol. The zero-order valence-electron chi connectivity index (χ0n) is 11.9. The number of ketones is 1. The van der Waals surface area contributed by atoms with E-state index in [-0.39, 0.29) is 17.2 Å². The quantitative estimate of drug-likeness (QED) is 0.773. The van der Waals surface area contributed by atoms with E-state index in [1.54, 1.807) is 0 Å². The van der Waals surface area contributed by atoms with E-state index in [1.807, 2.05) is 44.2 Å². The third kappa shape index (κ3) is 2.64. The Morgan fingerprint density at radius 3 is 2.35 bits per heavy atom. The van der Waals surface area contributed by atoms with Crippen LogP contribution in [0.25, 0.3) is 11.5 Å². The van der Waals surface area contributed by atoms with Crippen LogP contribution in [0.1, 0.15) is 49.9 Å². The second-order valence-corrected chi connectivity index (χ2v) is 4.58. The fraction of sp³-hybridized carbons (Fsp3) is 0.375. The van der Waals surface area contributed by atoms with Gasteiger partial charge in [0.05, 0.1) is 0 Å². The number of halogens is 1. The van der Waals surface area contributed by atoms with Gasteiger partial charge in [0, 0.05) is 12.5 Å². The first kappa shape index (κ1) is 14.4. The number of Topliss-reactive ketones (excluding diaryl/α,β-unsaturated/α-hetero) is 1. The number of nitrogens with zero attached hydrogens (tertiary/aromatic N) is 1. The molecule has 1 aliphatic carbocycles. The molecule has 4 heteroatoms. The van der Waals surface area contributed by atoms with Gasteiger partial charge in [-0.2, -0.15) is 0 Å². The predicted octanol–water partition coefficient (Wildman–Crippen LogP) is 4.53. The summed E-state index contributed by atoms with van der Waals surface area (Å²) in [5.74, 6) is 0.133. The molecule has 3 rings (SSSR count). The zero-order chi connectivity index (χ0) is 14.8. The molecule has 0 bridgehead atoms. The summed E-state index contributed by atoms with van der Waals surface area (Å²) < 4.78 is 19.6. The summed E-state index contributed by atoms with van der Waals surface area (Å²) in [4.78, 5) is 15.6. The van der Waals surface area contributed by atoms with Gasteiger partial charge in [-0.1, -0.05) is 32.0 Å². The average Bonchev–Trinajstić information content (AvgIpc) is 3.07. The Labute approximate surface area is 117 Å². The van der Waals surface area contributed by atoms with Crippen molar-refractivity contribution < 1.29 is 13.6 Å². The highest BCUT2D eigenvalue weighted by Gasteiger charge is 2.51. The number of hydrogen-bond acceptors (Lipinski definition) is 3. The van der Waals surface area contributed by atoms with Crippen LogP contribution in [0.15, 0.2) is 34.7 Å². The fourth-order valence-electron chi connectivity index (χ4n) is 1.90. The van der Waals surface area contributed by atoms with Gasteiger partial charge in [-0.25, -0.2) is 9.37 Å². The first-order valence-electron chi connectivity index (χ1n) is 6.87. The third-order valence-corrected chi connectivity index (χ3v) is 3.08. The van der Waals surface area contributed by atoms with Crippen LogP contribution in [-0.4, -0.2) is 10.8 Å². The number of rotatable bonds is 3. The molecule has 106 valence electrons. The van der Waals surface area contributed by atoms with E-state index in [9.17, 15) is 9.18 Å². The van der Waals surface area contributed by atoms with Crippen molar-refractivity contribution in [1.82, 2.24) is 4.98 Å². The van der Waals surface area contributed by atoms with Crippen molar-refractivity contribution in [2.45, 2.75) is 39.3 Å². The molecule has 0 amide bonds. The van der Waals surface area contributed by atoms with Gasteiger partial charge in [0.25, 0.3) is 0 Å². The van der Waals surface area contributed by atoms with E-state index < -0.39 is 5.67 Å². The second kappa shape index (κ2) is 5.57. The molecule has 1 aliphatic rings. The largest absolute Gasteiger partial charge is 0.437 e. The lowest BCUT2D eigenvalue weighted by atomic mass is 10.2. The average molecular weight is 275 g/mol. The van der Waals surface area contributed by atoms with Crippen molar-refractivity contribution in [2.75, 3.05) is 0 Å². The summed E-state index contributed by atoms with van der Waals surface area (Å²) in [5, 5.41) is 0. The Morgan fingerprint density at radius 2 is 1.85 bits per heavy atom. The molecule has 0 spiro atoms. The highest BCUT2D eigenvalue weighted by Crippen LogP contribution is 2.51. The van der Waals surface area contributed by atoms with Gasteiger partial charge in [0.2, 0.25) is 5.89 Å². The van der Waals surface area contributed by atoms with Crippen molar-refractivity contribution in [3.05, 3.63) is 41.8 Å². The topological polar surface area (TPSA) is 43.1 Å². The van der Waals surface area contributed by atoms with E-state index >= 15 is 0 Å². The van der Waals surface area contributed by atoms with Crippen LogP contribution in [0.3, 0.4) is 0 Å². The van der Waals surface area contributed by atoms with Crippen molar-refractivity contribution >= 4 is 5.78 Å². The molecular weight excluding hydrogens is 257 g/mol. The normalized spacial score (nSPS) is 15.2. The maximum atomic E-state index is 14.1. The van der Waals surface area contributed by atoms with Crippen LogP contribution in [0.5, 0.6) is 0 Å². The summed E-state index contributed by atoms with van der Waals surface area (Å²) >= 11 is 0. The maximum absolute atomic E-state index is 14.1. The van der Waals surface area contributed by atoms with Crippen LogP contribution in [0, 0.1) is 0 Å². The van der Waals surface area contributed by atoms with Crippen LogP contribution in [0.4, 0.5) is 4.39 Å². The van der Waals surface area contributed by atoms with Crippen LogP contribution >= 0.6 is 0 Å². The summed E-state index contributed by atoms with van der Waals surface area (Å²) in [6, 6.07) is 9.19. The van der Waals surface area contributed by atoms with Gasteiger partial charge in [0.15, 0.2) is 22.9 Å². The van der Waals surface area contributed by atoms with Crippen molar-refractivity contribution in [3.8, 4) is 11.5 Å². The first-order chi connectivity index (χ1) is 9.60. The SMILES string of the molecule is CC.CC(=O)c1nc(-c2ccccc2)oc1C1(F)CC1. The Morgan fingerprint density at radius 1 is 1.25 bits per heavy atom. The number of aromatic nitrogens is 1.